The van der Waals surface area contributed by atoms with E-state index < -0.39 is 6.09 Å². The number of unbranched alkanes of at least 4 members (excludes halogenated alkanes) is 1. The molecule has 1 unspecified atom stereocenters. The zero-order valence-corrected chi connectivity index (χ0v) is 16.6. The number of benzene rings is 1. The number of hydrogen-bond acceptors (Lipinski definition) is 3. The van der Waals surface area contributed by atoms with Gasteiger partial charge in [0.1, 0.15) is 0 Å². The fourth-order valence-corrected chi connectivity index (χ4v) is 2.81. The molecule has 0 saturated carbocycles. The SMILES string of the molecule is CC.CCCCOC(=O)N1C(=O)CCC1c1ccc(C(C)(C)C)cc1. The smallest absolute Gasteiger partial charge is 0.417 e. The molecule has 1 aliphatic heterocycles. The number of hydrogen-bond donors (Lipinski definition) is 0. The van der Waals surface area contributed by atoms with Gasteiger partial charge in [-0.25, -0.2) is 9.69 Å². The van der Waals surface area contributed by atoms with Crippen molar-refractivity contribution >= 4 is 12.0 Å². The molecular weight excluding hydrogens is 314 g/mol. The van der Waals surface area contributed by atoms with Gasteiger partial charge in [-0.05, 0) is 29.4 Å². The first kappa shape index (κ1) is 21.2. The molecule has 0 aromatic heterocycles. The minimum Gasteiger partial charge on any atom is -0.449 e. The first-order valence-corrected chi connectivity index (χ1v) is 9.44. The summed E-state index contributed by atoms with van der Waals surface area (Å²) >= 11 is 0. The van der Waals surface area contributed by atoms with E-state index in [-0.39, 0.29) is 17.4 Å². The minimum absolute atomic E-state index is 0.0861. The number of imide groups is 1. The summed E-state index contributed by atoms with van der Waals surface area (Å²) in [4.78, 5) is 25.6. The number of carbonyl (C=O) groups is 2. The van der Waals surface area contributed by atoms with Crippen LogP contribution < -0.4 is 0 Å². The predicted octanol–water partition coefficient (Wildman–Crippen LogP) is 5.61. The van der Waals surface area contributed by atoms with E-state index in [9.17, 15) is 9.59 Å². The van der Waals surface area contributed by atoms with Crippen molar-refractivity contribution in [2.24, 2.45) is 0 Å². The van der Waals surface area contributed by atoms with E-state index in [0.717, 1.165) is 18.4 Å². The van der Waals surface area contributed by atoms with Gasteiger partial charge in [0.25, 0.3) is 0 Å². The van der Waals surface area contributed by atoms with Gasteiger partial charge in [-0.2, -0.15) is 0 Å². The summed E-state index contributed by atoms with van der Waals surface area (Å²) in [6.45, 7) is 12.9. The molecule has 4 nitrogen and oxygen atoms in total. The molecule has 1 heterocycles. The van der Waals surface area contributed by atoms with Crippen molar-refractivity contribution < 1.29 is 14.3 Å². The van der Waals surface area contributed by atoms with Crippen LogP contribution in [-0.4, -0.2) is 23.5 Å². The summed E-state index contributed by atoms with van der Waals surface area (Å²) in [6.07, 6.45) is 2.33. The Morgan fingerprint density at radius 2 is 1.80 bits per heavy atom. The number of ether oxygens (including phenoxy) is 1. The fourth-order valence-electron chi connectivity index (χ4n) is 2.81. The monoisotopic (exact) mass is 347 g/mol. The Kier molecular flexibility index (Phi) is 8.14. The zero-order valence-electron chi connectivity index (χ0n) is 16.6. The lowest BCUT2D eigenvalue weighted by molar-refractivity contribution is -0.127. The third-order valence-corrected chi connectivity index (χ3v) is 4.29. The van der Waals surface area contributed by atoms with Gasteiger partial charge in [0.05, 0.1) is 12.6 Å². The third-order valence-electron chi connectivity index (χ3n) is 4.29. The fraction of sp³-hybridized carbons (Fsp3) is 0.619. The topological polar surface area (TPSA) is 46.6 Å². The predicted molar refractivity (Wildman–Crippen MR) is 102 cm³/mol. The lowest BCUT2D eigenvalue weighted by Gasteiger charge is -2.24. The molecule has 1 aromatic carbocycles. The molecule has 25 heavy (non-hydrogen) atoms. The van der Waals surface area contributed by atoms with Gasteiger partial charge < -0.3 is 4.74 Å². The summed E-state index contributed by atoms with van der Waals surface area (Å²) in [7, 11) is 0. The van der Waals surface area contributed by atoms with E-state index >= 15 is 0 Å². The van der Waals surface area contributed by atoms with Gasteiger partial charge in [0.15, 0.2) is 0 Å². The number of rotatable bonds is 4. The largest absolute Gasteiger partial charge is 0.449 e. The third kappa shape index (κ3) is 5.58. The molecule has 2 rings (SSSR count). The first-order valence-electron chi connectivity index (χ1n) is 9.44. The van der Waals surface area contributed by atoms with Crippen LogP contribution in [0.5, 0.6) is 0 Å². The Balaban J connectivity index is 0.00000151. The number of nitrogens with zero attached hydrogens (tertiary/aromatic N) is 1. The second-order valence-electron chi connectivity index (χ2n) is 7.16. The highest BCUT2D eigenvalue weighted by Gasteiger charge is 2.37. The average molecular weight is 347 g/mol. The molecule has 0 bridgehead atoms. The van der Waals surface area contributed by atoms with Crippen molar-refractivity contribution in [3.63, 3.8) is 0 Å². The van der Waals surface area contributed by atoms with Crippen LogP contribution in [0.25, 0.3) is 0 Å². The second-order valence-corrected chi connectivity index (χ2v) is 7.16. The lowest BCUT2D eigenvalue weighted by Crippen LogP contribution is -2.35. The highest BCUT2D eigenvalue weighted by molar-refractivity contribution is 5.94. The number of amides is 2. The van der Waals surface area contributed by atoms with Gasteiger partial charge in [0.2, 0.25) is 5.91 Å². The second kappa shape index (κ2) is 9.59. The Hall–Kier alpha value is -1.84. The van der Waals surface area contributed by atoms with Crippen LogP contribution in [0.2, 0.25) is 0 Å². The first-order chi connectivity index (χ1) is 11.8. The molecule has 0 N–H and O–H groups in total. The normalized spacial score (nSPS) is 17.1. The van der Waals surface area contributed by atoms with Crippen LogP contribution in [0.4, 0.5) is 4.79 Å². The molecule has 1 fully saturated rings. The Morgan fingerprint density at radius 3 is 2.32 bits per heavy atom. The van der Waals surface area contributed by atoms with Crippen molar-refractivity contribution in [1.29, 1.82) is 0 Å². The van der Waals surface area contributed by atoms with Gasteiger partial charge >= 0.3 is 6.09 Å². The van der Waals surface area contributed by atoms with E-state index in [1.54, 1.807) is 0 Å². The molecule has 1 atom stereocenters. The highest BCUT2D eigenvalue weighted by Crippen LogP contribution is 2.34. The summed E-state index contributed by atoms with van der Waals surface area (Å²) < 4.78 is 5.23. The van der Waals surface area contributed by atoms with Crippen molar-refractivity contribution in [2.45, 2.75) is 78.7 Å². The van der Waals surface area contributed by atoms with Crippen molar-refractivity contribution in [3.8, 4) is 0 Å². The van der Waals surface area contributed by atoms with Crippen molar-refractivity contribution in [2.75, 3.05) is 6.61 Å². The van der Waals surface area contributed by atoms with Crippen LogP contribution in [0.15, 0.2) is 24.3 Å². The van der Waals surface area contributed by atoms with Crippen LogP contribution in [0, 0.1) is 0 Å². The molecule has 1 aromatic rings. The van der Waals surface area contributed by atoms with Crippen LogP contribution in [0.1, 0.15) is 84.4 Å². The van der Waals surface area contributed by atoms with Gasteiger partial charge in [-0.1, -0.05) is 72.2 Å². The average Bonchev–Trinajstić information content (AvgIpc) is 2.98. The lowest BCUT2D eigenvalue weighted by atomic mass is 9.86. The van der Waals surface area contributed by atoms with Crippen molar-refractivity contribution in [1.82, 2.24) is 4.90 Å². The van der Waals surface area contributed by atoms with Crippen LogP contribution in [-0.2, 0) is 14.9 Å². The summed E-state index contributed by atoms with van der Waals surface area (Å²) in [5, 5.41) is 0. The highest BCUT2D eigenvalue weighted by atomic mass is 16.6. The Bertz CT molecular complexity index is 557. The maximum atomic E-state index is 12.2. The maximum Gasteiger partial charge on any atom is 0.417 e. The summed E-state index contributed by atoms with van der Waals surface area (Å²) in [6, 6.07) is 8.01. The van der Waals surface area contributed by atoms with E-state index in [2.05, 4.69) is 32.9 Å². The van der Waals surface area contributed by atoms with Gasteiger partial charge in [0, 0.05) is 6.42 Å². The van der Waals surface area contributed by atoms with Crippen LogP contribution >= 0.6 is 0 Å². The summed E-state index contributed by atoms with van der Waals surface area (Å²) in [5.74, 6) is -0.142. The summed E-state index contributed by atoms with van der Waals surface area (Å²) in [5.41, 5.74) is 2.32. The number of carbonyl (C=O) groups excluding carboxylic acids is 2. The molecule has 140 valence electrons. The van der Waals surface area contributed by atoms with Crippen molar-refractivity contribution in [3.05, 3.63) is 35.4 Å². The van der Waals surface area contributed by atoms with Gasteiger partial charge in [-0.15, -0.1) is 0 Å². The van der Waals surface area contributed by atoms with E-state index in [1.165, 1.54) is 10.5 Å². The van der Waals surface area contributed by atoms with E-state index in [0.29, 0.717) is 19.4 Å². The molecule has 0 aliphatic carbocycles. The molecule has 1 saturated heterocycles. The number of likely N-dealkylation sites (tertiary alicyclic amines) is 1. The Morgan fingerprint density at radius 1 is 1.20 bits per heavy atom. The quantitative estimate of drug-likeness (QED) is 0.665. The molecule has 4 heteroatoms. The molecular formula is C21H33NO3. The van der Waals surface area contributed by atoms with Gasteiger partial charge in [-0.3, -0.25) is 4.79 Å². The molecule has 1 aliphatic rings. The zero-order chi connectivity index (χ0) is 19.0. The Labute approximate surface area is 152 Å². The molecule has 0 spiro atoms. The van der Waals surface area contributed by atoms with Crippen LogP contribution in [0.3, 0.4) is 0 Å². The van der Waals surface area contributed by atoms with E-state index in [1.807, 2.05) is 32.9 Å². The standard InChI is InChI=1S/C19H27NO3.C2H6/c1-5-6-13-23-18(22)20-16(11-12-17(20)21)14-7-9-15(10-8-14)19(2,3)4;1-2/h7-10,16H,5-6,11-13H2,1-4H3;1-2H3. The maximum absolute atomic E-state index is 12.2. The minimum atomic E-state index is -0.508. The molecule has 0 radical (unpaired) electrons. The molecule has 2 amide bonds. The van der Waals surface area contributed by atoms with E-state index in [4.69, 9.17) is 4.74 Å².